The van der Waals surface area contributed by atoms with E-state index in [1.807, 2.05) is 24.3 Å². The predicted molar refractivity (Wildman–Crippen MR) is 73.2 cm³/mol. The number of ketones is 1. The predicted octanol–water partition coefficient (Wildman–Crippen LogP) is 1.48. The molecule has 0 unspecified atom stereocenters. The van der Waals surface area contributed by atoms with E-state index in [1.165, 1.54) is 13.1 Å². The summed E-state index contributed by atoms with van der Waals surface area (Å²) >= 11 is 0. The second-order valence-electron chi connectivity index (χ2n) is 4.65. The van der Waals surface area contributed by atoms with Crippen molar-refractivity contribution in [2.24, 2.45) is 7.05 Å². The number of para-hydroxylation sites is 1. The molecule has 0 saturated carbocycles. The molecule has 96 valence electrons. The van der Waals surface area contributed by atoms with Gasteiger partial charge in [-0.2, -0.15) is 5.10 Å². The van der Waals surface area contributed by atoms with Crippen LogP contribution in [0.3, 0.4) is 0 Å². The van der Waals surface area contributed by atoms with Gasteiger partial charge in [-0.15, -0.1) is 0 Å². The molecule has 0 saturated heterocycles. The molecule has 3 aromatic rings. The number of Topliss-reactive ketones (excluding diaryl/α,β-unsaturated/α-hetero) is 1. The summed E-state index contributed by atoms with van der Waals surface area (Å²) in [5.74, 6) is 0.00904. The lowest BCUT2D eigenvalue weighted by molar-refractivity contribution is -0.117. The number of fused-ring (bicyclic) bond motifs is 3. The zero-order valence-electron chi connectivity index (χ0n) is 10.8. The normalized spacial score (nSPS) is 11.3. The molecule has 0 aliphatic rings. The first kappa shape index (κ1) is 11.6. The van der Waals surface area contributed by atoms with Crippen molar-refractivity contribution in [3.8, 4) is 0 Å². The summed E-state index contributed by atoms with van der Waals surface area (Å²) in [5.41, 5.74) is 1.47. The Morgan fingerprint density at radius 3 is 2.74 bits per heavy atom. The Balaban J connectivity index is 2.52. The van der Waals surface area contributed by atoms with Gasteiger partial charge in [0.1, 0.15) is 0 Å². The van der Waals surface area contributed by atoms with Crippen LogP contribution in [0.4, 0.5) is 0 Å². The second-order valence-corrected chi connectivity index (χ2v) is 4.65. The van der Waals surface area contributed by atoms with Crippen LogP contribution in [-0.2, 0) is 18.4 Å². The number of carbonyl (C=O) groups excluding carboxylic acids is 1. The second kappa shape index (κ2) is 4.05. The first-order chi connectivity index (χ1) is 9.09. The molecule has 5 heteroatoms. The zero-order valence-corrected chi connectivity index (χ0v) is 10.8. The third kappa shape index (κ3) is 1.66. The van der Waals surface area contributed by atoms with Crippen molar-refractivity contribution in [2.75, 3.05) is 0 Å². The molecule has 2 aromatic heterocycles. The summed E-state index contributed by atoms with van der Waals surface area (Å²) in [5, 5.41) is 5.64. The molecule has 0 atom stereocenters. The molecule has 0 aliphatic carbocycles. The highest BCUT2D eigenvalue weighted by Crippen LogP contribution is 2.21. The number of aromatic nitrogens is 3. The molecule has 0 aliphatic heterocycles. The van der Waals surface area contributed by atoms with Gasteiger partial charge < -0.3 is 4.57 Å². The van der Waals surface area contributed by atoms with Crippen molar-refractivity contribution >= 4 is 27.6 Å². The standard InChI is InChI=1S/C14H13N3O2/c1-9(18)8-17-13-10-5-3-4-6-12(10)16(2)14(19)11(13)7-15-17/h3-7H,8H2,1-2H3. The molecule has 0 bridgehead atoms. The van der Waals surface area contributed by atoms with Crippen LogP contribution in [0, 0.1) is 0 Å². The van der Waals surface area contributed by atoms with Crippen molar-refractivity contribution in [1.82, 2.24) is 14.3 Å². The lowest BCUT2D eigenvalue weighted by atomic mass is 10.1. The van der Waals surface area contributed by atoms with Crippen molar-refractivity contribution < 1.29 is 4.79 Å². The quantitative estimate of drug-likeness (QED) is 0.697. The number of benzene rings is 1. The number of rotatable bonds is 2. The van der Waals surface area contributed by atoms with Crippen LogP contribution in [0.15, 0.2) is 35.3 Å². The molecule has 0 radical (unpaired) electrons. The van der Waals surface area contributed by atoms with E-state index < -0.39 is 0 Å². The fraction of sp³-hybridized carbons (Fsp3) is 0.214. The van der Waals surface area contributed by atoms with Gasteiger partial charge in [0.15, 0.2) is 5.78 Å². The van der Waals surface area contributed by atoms with E-state index in [0.29, 0.717) is 5.39 Å². The maximum Gasteiger partial charge on any atom is 0.261 e. The lowest BCUT2D eigenvalue weighted by Crippen LogP contribution is -2.17. The maximum atomic E-state index is 12.3. The first-order valence-corrected chi connectivity index (χ1v) is 6.02. The highest BCUT2D eigenvalue weighted by atomic mass is 16.1. The molecular weight excluding hydrogens is 242 g/mol. The Morgan fingerprint density at radius 2 is 2.00 bits per heavy atom. The van der Waals surface area contributed by atoms with Gasteiger partial charge >= 0.3 is 0 Å². The molecule has 1 aromatic carbocycles. The van der Waals surface area contributed by atoms with E-state index >= 15 is 0 Å². The Hall–Kier alpha value is -2.43. The van der Waals surface area contributed by atoms with Crippen LogP contribution in [-0.4, -0.2) is 20.1 Å². The molecule has 0 amide bonds. The van der Waals surface area contributed by atoms with E-state index in [9.17, 15) is 9.59 Å². The Bertz CT molecular complexity index is 858. The third-order valence-electron chi connectivity index (χ3n) is 3.27. The average molecular weight is 255 g/mol. The number of nitrogens with zero attached hydrogens (tertiary/aromatic N) is 3. The van der Waals surface area contributed by atoms with E-state index in [4.69, 9.17) is 0 Å². The molecule has 19 heavy (non-hydrogen) atoms. The topological polar surface area (TPSA) is 56.9 Å². The van der Waals surface area contributed by atoms with Crippen LogP contribution in [0.5, 0.6) is 0 Å². The molecule has 0 fully saturated rings. The van der Waals surface area contributed by atoms with Gasteiger partial charge in [-0.05, 0) is 13.0 Å². The highest BCUT2D eigenvalue weighted by molar-refractivity contribution is 6.03. The molecule has 0 N–H and O–H groups in total. The van der Waals surface area contributed by atoms with Gasteiger partial charge in [0, 0.05) is 12.4 Å². The monoisotopic (exact) mass is 255 g/mol. The van der Waals surface area contributed by atoms with Crippen molar-refractivity contribution in [1.29, 1.82) is 0 Å². The van der Waals surface area contributed by atoms with Gasteiger partial charge in [0.25, 0.3) is 5.56 Å². The molecular formula is C14H13N3O2. The molecule has 5 nitrogen and oxygen atoms in total. The maximum absolute atomic E-state index is 12.3. The number of carbonyl (C=O) groups is 1. The summed E-state index contributed by atoms with van der Waals surface area (Å²) in [4.78, 5) is 23.6. The summed E-state index contributed by atoms with van der Waals surface area (Å²) in [7, 11) is 1.74. The van der Waals surface area contributed by atoms with E-state index in [2.05, 4.69) is 5.10 Å². The highest BCUT2D eigenvalue weighted by Gasteiger charge is 2.13. The minimum atomic E-state index is -0.0940. The third-order valence-corrected chi connectivity index (χ3v) is 3.27. The summed E-state index contributed by atoms with van der Waals surface area (Å²) in [6, 6.07) is 7.63. The number of pyridine rings is 1. The first-order valence-electron chi connectivity index (χ1n) is 6.02. The van der Waals surface area contributed by atoms with Crippen molar-refractivity contribution in [3.05, 3.63) is 40.8 Å². The van der Waals surface area contributed by atoms with E-state index in [1.54, 1.807) is 16.3 Å². The van der Waals surface area contributed by atoms with Crippen LogP contribution < -0.4 is 5.56 Å². The van der Waals surface area contributed by atoms with Crippen LogP contribution in [0.1, 0.15) is 6.92 Å². The lowest BCUT2D eigenvalue weighted by Gasteiger charge is -2.08. The Kier molecular flexibility index (Phi) is 2.48. The summed E-state index contributed by atoms with van der Waals surface area (Å²) < 4.78 is 3.21. The van der Waals surface area contributed by atoms with Crippen LogP contribution in [0.2, 0.25) is 0 Å². The largest absolute Gasteiger partial charge is 0.311 e. The number of aryl methyl sites for hydroxylation is 1. The van der Waals surface area contributed by atoms with Gasteiger partial charge in [0.05, 0.1) is 29.2 Å². The van der Waals surface area contributed by atoms with Gasteiger partial charge in [0.2, 0.25) is 0 Å². The van der Waals surface area contributed by atoms with Crippen LogP contribution in [0.25, 0.3) is 21.8 Å². The SMILES string of the molecule is CC(=O)Cn1ncc2c(=O)n(C)c3ccccc3c21. The van der Waals surface area contributed by atoms with Gasteiger partial charge in [-0.25, -0.2) is 0 Å². The van der Waals surface area contributed by atoms with Gasteiger partial charge in [-0.3, -0.25) is 14.3 Å². The number of hydrogen-bond acceptors (Lipinski definition) is 3. The minimum absolute atomic E-state index is 0.00904. The van der Waals surface area contributed by atoms with Gasteiger partial charge in [-0.1, -0.05) is 18.2 Å². The molecule has 2 heterocycles. The zero-order chi connectivity index (χ0) is 13.6. The summed E-state index contributed by atoms with van der Waals surface area (Å²) in [6.45, 7) is 1.69. The molecule has 3 rings (SSSR count). The minimum Gasteiger partial charge on any atom is -0.311 e. The molecule has 0 spiro atoms. The van der Waals surface area contributed by atoms with Crippen molar-refractivity contribution in [3.63, 3.8) is 0 Å². The smallest absolute Gasteiger partial charge is 0.261 e. The van der Waals surface area contributed by atoms with Crippen molar-refractivity contribution in [2.45, 2.75) is 13.5 Å². The average Bonchev–Trinajstić information content (AvgIpc) is 2.79. The van der Waals surface area contributed by atoms with E-state index in [0.717, 1.165) is 16.4 Å². The fourth-order valence-electron chi connectivity index (χ4n) is 2.41. The van der Waals surface area contributed by atoms with Crippen LogP contribution >= 0.6 is 0 Å². The Morgan fingerprint density at radius 1 is 1.26 bits per heavy atom. The summed E-state index contributed by atoms with van der Waals surface area (Å²) in [6.07, 6.45) is 1.53. The van der Waals surface area contributed by atoms with E-state index in [-0.39, 0.29) is 17.9 Å². The number of hydrogen-bond donors (Lipinski definition) is 0. The Labute approximate surface area is 109 Å². The fourth-order valence-corrected chi connectivity index (χ4v) is 2.41.